The summed E-state index contributed by atoms with van der Waals surface area (Å²) >= 11 is 0. The third-order valence-corrected chi connectivity index (χ3v) is 5.56. The minimum Gasteiger partial charge on any atom is -0.319 e. The van der Waals surface area contributed by atoms with Gasteiger partial charge in [-0.1, -0.05) is 53.4 Å². The quantitative estimate of drug-likeness (QED) is 0.683. The molecule has 1 N–H and O–H groups in total. The van der Waals surface area contributed by atoms with Crippen molar-refractivity contribution >= 4 is 0 Å². The van der Waals surface area contributed by atoms with Crippen molar-refractivity contribution in [3.63, 3.8) is 0 Å². The van der Waals surface area contributed by atoms with Gasteiger partial charge >= 0.3 is 0 Å². The monoisotopic (exact) mass is 282 g/mol. The van der Waals surface area contributed by atoms with Crippen LogP contribution >= 0.6 is 0 Å². The van der Waals surface area contributed by atoms with E-state index >= 15 is 0 Å². The van der Waals surface area contributed by atoms with Crippen LogP contribution in [0.3, 0.4) is 0 Å². The van der Waals surface area contributed by atoms with E-state index in [1.807, 2.05) is 0 Å². The van der Waals surface area contributed by atoms with E-state index in [2.05, 4.69) is 45.0 Å². The predicted molar refractivity (Wildman–Crippen MR) is 90.2 cm³/mol. The largest absolute Gasteiger partial charge is 0.319 e. The SMILES string of the molecule is CCC(CC)CN(CC)CC1(CNC)CCC(C)CC1. The zero-order valence-electron chi connectivity index (χ0n) is 14.7. The highest BCUT2D eigenvalue weighted by atomic mass is 15.1. The van der Waals surface area contributed by atoms with Gasteiger partial charge in [0, 0.05) is 19.6 Å². The molecule has 1 rings (SSSR count). The van der Waals surface area contributed by atoms with Crippen molar-refractivity contribution in [2.75, 3.05) is 33.2 Å². The van der Waals surface area contributed by atoms with Gasteiger partial charge in [-0.3, -0.25) is 0 Å². The van der Waals surface area contributed by atoms with Crippen molar-refractivity contribution in [2.24, 2.45) is 17.3 Å². The molecule has 1 aliphatic carbocycles. The molecule has 1 aliphatic rings. The van der Waals surface area contributed by atoms with E-state index < -0.39 is 0 Å². The van der Waals surface area contributed by atoms with Crippen molar-refractivity contribution in [3.8, 4) is 0 Å². The molecule has 1 fully saturated rings. The van der Waals surface area contributed by atoms with E-state index in [1.54, 1.807) is 0 Å². The van der Waals surface area contributed by atoms with Crippen molar-refractivity contribution < 1.29 is 0 Å². The van der Waals surface area contributed by atoms with Gasteiger partial charge < -0.3 is 10.2 Å². The van der Waals surface area contributed by atoms with Crippen LogP contribution in [0.1, 0.15) is 66.2 Å². The molecule has 120 valence electrons. The van der Waals surface area contributed by atoms with E-state index in [-0.39, 0.29) is 0 Å². The summed E-state index contributed by atoms with van der Waals surface area (Å²) in [6, 6.07) is 0. The Morgan fingerprint density at radius 2 is 1.75 bits per heavy atom. The highest BCUT2D eigenvalue weighted by Crippen LogP contribution is 2.39. The Labute approximate surface area is 127 Å². The summed E-state index contributed by atoms with van der Waals surface area (Å²) in [5, 5.41) is 3.48. The van der Waals surface area contributed by atoms with Crippen molar-refractivity contribution in [1.29, 1.82) is 0 Å². The van der Waals surface area contributed by atoms with Crippen LogP contribution in [0.4, 0.5) is 0 Å². The van der Waals surface area contributed by atoms with Crippen LogP contribution in [0.25, 0.3) is 0 Å². The lowest BCUT2D eigenvalue weighted by Crippen LogP contribution is -2.46. The summed E-state index contributed by atoms with van der Waals surface area (Å²) in [4.78, 5) is 2.73. The summed E-state index contributed by atoms with van der Waals surface area (Å²) in [7, 11) is 2.12. The Morgan fingerprint density at radius 1 is 1.15 bits per heavy atom. The summed E-state index contributed by atoms with van der Waals surface area (Å²) in [5.41, 5.74) is 0.531. The van der Waals surface area contributed by atoms with Gasteiger partial charge in [0.05, 0.1) is 0 Å². The number of nitrogens with one attached hydrogen (secondary N) is 1. The van der Waals surface area contributed by atoms with Gasteiger partial charge in [-0.05, 0) is 43.7 Å². The average Bonchev–Trinajstić information content (AvgIpc) is 2.47. The first-order valence-corrected chi connectivity index (χ1v) is 8.96. The van der Waals surface area contributed by atoms with Gasteiger partial charge in [-0.25, -0.2) is 0 Å². The fourth-order valence-electron chi connectivity index (χ4n) is 3.83. The van der Waals surface area contributed by atoms with Crippen LogP contribution < -0.4 is 5.32 Å². The second-order valence-corrected chi connectivity index (χ2v) is 7.22. The molecule has 0 spiro atoms. The first-order valence-electron chi connectivity index (χ1n) is 8.96. The maximum Gasteiger partial charge on any atom is 0.00501 e. The summed E-state index contributed by atoms with van der Waals surface area (Å²) in [5.74, 6) is 1.82. The maximum atomic E-state index is 3.48. The van der Waals surface area contributed by atoms with E-state index in [4.69, 9.17) is 0 Å². The fourth-order valence-corrected chi connectivity index (χ4v) is 3.83. The lowest BCUT2D eigenvalue weighted by molar-refractivity contribution is 0.0811. The zero-order valence-corrected chi connectivity index (χ0v) is 14.7. The molecule has 1 saturated carbocycles. The molecule has 0 atom stereocenters. The normalized spacial score (nSPS) is 27.4. The van der Waals surface area contributed by atoms with Crippen molar-refractivity contribution in [1.82, 2.24) is 10.2 Å². The second kappa shape index (κ2) is 9.04. The van der Waals surface area contributed by atoms with Crippen LogP contribution in [-0.2, 0) is 0 Å². The minimum atomic E-state index is 0.531. The number of nitrogens with zero attached hydrogens (tertiary/aromatic N) is 1. The zero-order chi connectivity index (χ0) is 15.0. The molecule has 0 saturated heterocycles. The molecule has 2 heteroatoms. The van der Waals surface area contributed by atoms with E-state index in [9.17, 15) is 0 Å². The summed E-state index contributed by atoms with van der Waals surface area (Å²) in [6.07, 6.45) is 8.31. The Hall–Kier alpha value is -0.0800. The first-order chi connectivity index (χ1) is 9.59. The van der Waals surface area contributed by atoms with Crippen LogP contribution in [0, 0.1) is 17.3 Å². The Morgan fingerprint density at radius 3 is 2.20 bits per heavy atom. The molecule has 20 heavy (non-hydrogen) atoms. The van der Waals surface area contributed by atoms with Gasteiger partial charge in [0.2, 0.25) is 0 Å². The number of rotatable bonds is 9. The molecule has 2 nitrogen and oxygen atoms in total. The molecule has 0 aromatic heterocycles. The highest BCUT2D eigenvalue weighted by Gasteiger charge is 2.35. The third-order valence-electron chi connectivity index (χ3n) is 5.56. The topological polar surface area (TPSA) is 15.3 Å². The number of hydrogen-bond donors (Lipinski definition) is 1. The van der Waals surface area contributed by atoms with Crippen LogP contribution in [0.5, 0.6) is 0 Å². The number of hydrogen-bond acceptors (Lipinski definition) is 2. The first kappa shape index (κ1) is 18.0. The van der Waals surface area contributed by atoms with Crippen molar-refractivity contribution in [2.45, 2.75) is 66.2 Å². The molecule has 0 bridgehead atoms. The van der Waals surface area contributed by atoms with Crippen LogP contribution in [0.15, 0.2) is 0 Å². The molecule has 0 unspecified atom stereocenters. The second-order valence-electron chi connectivity index (χ2n) is 7.22. The summed E-state index contributed by atoms with van der Waals surface area (Å²) in [6.45, 7) is 14.4. The van der Waals surface area contributed by atoms with Gasteiger partial charge in [0.25, 0.3) is 0 Å². The van der Waals surface area contributed by atoms with E-state index in [1.165, 1.54) is 64.7 Å². The predicted octanol–water partition coefficient (Wildman–Crippen LogP) is 4.16. The Balaban J connectivity index is 2.62. The average molecular weight is 283 g/mol. The molecule has 0 aliphatic heterocycles. The fraction of sp³-hybridized carbons (Fsp3) is 1.00. The Bertz CT molecular complexity index is 240. The Kier molecular flexibility index (Phi) is 8.13. The molecule has 0 aromatic rings. The standard InChI is InChI=1S/C18H38N2/c1-6-17(7-2)13-20(8-3)15-18(14-19-5)11-9-16(4)10-12-18/h16-17,19H,6-15H2,1-5H3. The summed E-state index contributed by atoms with van der Waals surface area (Å²) < 4.78 is 0. The maximum absolute atomic E-state index is 3.48. The van der Waals surface area contributed by atoms with Gasteiger partial charge in [0.1, 0.15) is 0 Å². The molecule has 0 radical (unpaired) electrons. The minimum absolute atomic E-state index is 0.531. The molecular formula is C18H38N2. The lowest BCUT2D eigenvalue weighted by atomic mass is 9.70. The van der Waals surface area contributed by atoms with Gasteiger partial charge in [-0.15, -0.1) is 0 Å². The lowest BCUT2D eigenvalue weighted by Gasteiger charge is -2.43. The van der Waals surface area contributed by atoms with E-state index in [0.717, 1.165) is 11.8 Å². The van der Waals surface area contributed by atoms with Crippen molar-refractivity contribution in [3.05, 3.63) is 0 Å². The smallest absolute Gasteiger partial charge is 0.00501 e. The van der Waals surface area contributed by atoms with Gasteiger partial charge in [-0.2, -0.15) is 0 Å². The van der Waals surface area contributed by atoms with Gasteiger partial charge in [0.15, 0.2) is 0 Å². The highest BCUT2D eigenvalue weighted by molar-refractivity contribution is 4.89. The van der Waals surface area contributed by atoms with Crippen LogP contribution in [0.2, 0.25) is 0 Å². The molecule has 0 amide bonds. The molecular weight excluding hydrogens is 244 g/mol. The third kappa shape index (κ3) is 5.37. The molecule has 0 heterocycles. The van der Waals surface area contributed by atoms with Crippen LogP contribution in [-0.4, -0.2) is 38.1 Å². The molecule has 0 aromatic carbocycles. The van der Waals surface area contributed by atoms with E-state index in [0.29, 0.717) is 5.41 Å².